The molecule has 3 aromatic rings. The minimum absolute atomic E-state index is 0.0762. The van der Waals surface area contributed by atoms with Crippen LogP contribution in [0.15, 0.2) is 71.5 Å². The van der Waals surface area contributed by atoms with Gasteiger partial charge in [0.05, 0.1) is 6.04 Å². The number of aromatic amines is 1. The lowest BCUT2D eigenvalue weighted by atomic mass is 9.99. The summed E-state index contributed by atoms with van der Waals surface area (Å²) < 4.78 is 0. The van der Waals surface area contributed by atoms with E-state index in [0.29, 0.717) is 5.95 Å². The summed E-state index contributed by atoms with van der Waals surface area (Å²) in [6.07, 6.45) is 0.722. The second kappa shape index (κ2) is 6.92. The number of nitrogens with one attached hydrogen (secondary N) is 2. The number of aromatic nitrogens is 2. The highest BCUT2D eigenvalue weighted by Gasteiger charge is 2.14. The molecule has 3 rings (SSSR count). The van der Waals surface area contributed by atoms with Crippen LogP contribution in [0.2, 0.25) is 0 Å². The molecule has 0 amide bonds. The third kappa shape index (κ3) is 3.66. The maximum atomic E-state index is 11.8. The fourth-order valence-electron chi connectivity index (χ4n) is 2.54. The predicted octanol–water partition coefficient (Wildman–Crippen LogP) is 3.53. The van der Waals surface area contributed by atoms with E-state index in [9.17, 15) is 4.79 Å². The first-order valence-electron chi connectivity index (χ1n) is 7.73. The summed E-state index contributed by atoms with van der Waals surface area (Å²) >= 11 is 0. The molecule has 0 spiro atoms. The van der Waals surface area contributed by atoms with Gasteiger partial charge in [0, 0.05) is 11.8 Å². The minimum Gasteiger partial charge on any atom is -0.345 e. The monoisotopic (exact) mass is 305 g/mol. The van der Waals surface area contributed by atoms with E-state index in [1.54, 1.807) is 0 Å². The maximum absolute atomic E-state index is 11.8. The van der Waals surface area contributed by atoms with Gasteiger partial charge in [-0.05, 0) is 17.5 Å². The Kier molecular flexibility index (Phi) is 4.52. The zero-order valence-electron chi connectivity index (χ0n) is 13.0. The first-order valence-corrected chi connectivity index (χ1v) is 7.73. The van der Waals surface area contributed by atoms with Gasteiger partial charge in [0.25, 0.3) is 5.56 Å². The second-order valence-corrected chi connectivity index (χ2v) is 5.34. The van der Waals surface area contributed by atoms with Crippen molar-refractivity contribution in [1.29, 1.82) is 0 Å². The summed E-state index contributed by atoms with van der Waals surface area (Å²) in [6, 6.07) is 21.7. The van der Waals surface area contributed by atoms with Crippen molar-refractivity contribution < 1.29 is 0 Å². The first-order chi connectivity index (χ1) is 11.3. The van der Waals surface area contributed by atoms with Crippen LogP contribution in [-0.2, 0) is 6.42 Å². The van der Waals surface area contributed by atoms with E-state index in [1.165, 1.54) is 6.07 Å². The summed E-state index contributed by atoms with van der Waals surface area (Å²) in [4.78, 5) is 19.0. The number of rotatable bonds is 5. The SMILES string of the molecule is CCc1cc(=O)[nH]c(NC(c2ccccc2)c2ccccc2)n1. The van der Waals surface area contributed by atoms with Gasteiger partial charge in [-0.25, -0.2) is 4.98 Å². The van der Waals surface area contributed by atoms with Crippen molar-refractivity contribution in [2.24, 2.45) is 0 Å². The molecule has 4 nitrogen and oxygen atoms in total. The summed E-state index contributed by atoms with van der Waals surface area (Å²) in [6.45, 7) is 1.98. The number of aryl methyl sites for hydroxylation is 1. The van der Waals surface area contributed by atoms with Crippen molar-refractivity contribution in [3.05, 3.63) is 93.9 Å². The first kappa shape index (κ1) is 15.0. The molecule has 0 aliphatic heterocycles. The van der Waals surface area contributed by atoms with Gasteiger partial charge in [-0.1, -0.05) is 67.6 Å². The highest BCUT2D eigenvalue weighted by molar-refractivity contribution is 5.40. The Morgan fingerprint density at radius 1 is 1.00 bits per heavy atom. The molecule has 0 radical (unpaired) electrons. The van der Waals surface area contributed by atoms with Crippen LogP contribution in [0.4, 0.5) is 5.95 Å². The number of anilines is 1. The van der Waals surface area contributed by atoms with Gasteiger partial charge < -0.3 is 5.32 Å². The standard InChI is InChI=1S/C19H19N3O/c1-2-16-13-17(23)21-19(20-16)22-18(14-9-5-3-6-10-14)15-11-7-4-8-12-15/h3-13,18H,2H2,1H3,(H2,20,21,22,23). The van der Waals surface area contributed by atoms with Gasteiger partial charge in [0.1, 0.15) is 0 Å². The van der Waals surface area contributed by atoms with Crippen LogP contribution in [0.3, 0.4) is 0 Å². The van der Waals surface area contributed by atoms with Crippen LogP contribution in [-0.4, -0.2) is 9.97 Å². The topological polar surface area (TPSA) is 57.8 Å². The average Bonchev–Trinajstić information content (AvgIpc) is 2.60. The Hall–Kier alpha value is -2.88. The number of hydrogen-bond donors (Lipinski definition) is 2. The van der Waals surface area contributed by atoms with Crippen molar-refractivity contribution in [1.82, 2.24) is 9.97 Å². The van der Waals surface area contributed by atoms with Crippen LogP contribution in [0.5, 0.6) is 0 Å². The quantitative estimate of drug-likeness (QED) is 0.758. The highest BCUT2D eigenvalue weighted by atomic mass is 16.1. The van der Waals surface area contributed by atoms with Gasteiger partial charge in [-0.3, -0.25) is 9.78 Å². The van der Waals surface area contributed by atoms with Crippen LogP contribution in [0.1, 0.15) is 29.8 Å². The van der Waals surface area contributed by atoms with Crippen LogP contribution in [0.25, 0.3) is 0 Å². The molecular weight excluding hydrogens is 286 g/mol. The minimum atomic E-state index is -0.140. The van der Waals surface area contributed by atoms with Crippen molar-refractivity contribution in [3.8, 4) is 0 Å². The molecule has 0 unspecified atom stereocenters. The van der Waals surface area contributed by atoms with Gasteiger partial charge in [0.2, 0.25) is 5.95 Å². The highest BCUT2D eigenvalue weighted by Crippen LogP contribution is 2.24. The average molecular weight is 305 g/mol. The van der Waals surface area contributed by atoms with Crippen molar-refractivity contribution >= 4 is 5.95 Å². The maximum Gasteiger partial charge on any atom is 0.252 e. The fraction of sp³-hybridized carbons (Fsp3) is 0.158. The number of H-pyrrole nitrogens is 1. The molecule has 23 heavy (non-hydrogen) atoms. The fourth-order valence-corrected chi connectivity index (χ4v) is 2.54. The van der Waals surface area contributed by atoms with E-state index in [4.69, 9.17) is 0 Å². The Labute approximate surface area is 135 Å². The van der Waals surface area contributed by atoms with E-state index in [1.807, 2.05) is 43.3 Å². The molecule has 0 fully saturated rings. The van der Waals surface area contributed by atoms with E-state index in [0.717, 1.165) is 23.2 Å². The van der Waals surface area contributed by atoms with Crippen molar-refractivity contribution in [2.75, 3.05) is 5.32 Å². The Morgan fingerprint density at radius 2 is 1.57 bits per heavy atom. The lowest BCUT2D eigenvalue weighted by molar-refractivity contribution is 0.886. The zero-order chi connectivity index (χ0) is 16.1. The molecule has 2 aromatic carbocycles. The molecule has 0 saturated heterocycles. The lowest BCUT2D eigenvalue weighted by Crippen LogP contribution is -2.18. The summed E-state index contributed by atoms with van der Waals surface area (Å²) in [5, 5.41) is 3.36. The molecule has 1 heterocycles. The van der Waals surface area contributed by atoms with Crippen LogP contribution >= 0.6 is 0 Å². The number of benzene rings is 2. The molecule has 0 bridgehead atoms. The molecule has 4 heteroatoms. The Bertz CT molecular complexity index is 773. The van der Waals surface area contributed by atoms with Crippen molar-refractivity contribution in [3.63, 3.8) is 0 Å². The van der Waals surface area contributed by atoms with Gasteiger partial charge >= 0.3 is 0 Å². The molecule has 116 valence electrons. The van der Waals surface area contributed by atoms with Crippen molar-refractivity contribution in [2.45, 2.75) is 19.4 Å². The summed E-state index contributed by atoms with van der Waals surface area (Å²) in [7, 11) is 0. The lowest BCUT2D eigenvalue weighted by Gasteiger charge is -2.20. The third-order valence-corrected chi connectivity index (χ3v) is 3.70. The Balaban J connectivity index is 2.00. The molecule has 2 N–H and O–H groups in total. The normalized spacial score (nSPS) is 10.7. The molecule has 0 saturated carbocycles. The number of hydrogen-bond acceptors (Lipinski definition) is 3. The third-order valence-electron chi connectivity index (χ3n) is 3.70. The molecule has 0 atom stereocenters. The van der Waals surface area contributed by atoms with E-state index >= 15 is 0 Å². The molecule has 1 aromatic heterocycles. The largest absolute Gasteiger partial charge is 0.345 e. The molecular formula is C19H19N3O. The van der Waals surface area contributed by atoms with E-state index in [2.05, 4.69) is 39.6 Å². The second-order valence-electron chi connectivity index (χ2n) is 5.34. The zero-order valence-corrected chi connectivity index (χ0v) is 13.0. The Morgan fingerprint density at radius 3 is 2.09 bits per heavy atom. The number of nitrogens with zero attached hydrogens (tertiary/aromatic N) is 1. The van der Waals surface area contributed by atoms with Crippen LogP contribution in [0, 0.1) is 0 Å². The molecule has 0 aliphatic rings. The summed E-state index contributed by atoms with van der Waals surface area (Å²) in [5.41, 5.74) is 2.86. The van der Waals surface area contributed by atoms with E-state index in [-0.39, 0.29) is 11.6 Å². The smallest absolute Gasteiger partial charge is 0.252 e. The predicted molar refractivity (Wildman–Crippen MR) is 92.6 cm³/mol. The van der Waals surface area contributed by atoms with Gasteiger partial charge in [0.15, 0.2) is 0 Å². The van der Waals surface area contributed by atoms with E-state index < -0.39 is 0 Å². The summed E-state index contributed by atoms with van der Waals surface area (Å²) in [5.74, 6) is 0.493. The van der Waals surface area contributed by atoms with Crippen LogP contribution < -0.4 is 10.9 Å². The molecule has 0 aliphatic carbocycles. The van der Waals surface area contributed by atoms with Gasteiger partial charge in [-0.15, -0.1) is 0 Å². The van der Waals surface area contributed by atoms with Gasteiger partial charge in [-0.2, -0.15) is 0 Å².